The van der Waals surface area contributed by atoms with Gasteiger partial charge in [0.2, 0.25) is 5.91 Å². The number of piperidine rings is 1. The molecule has 1 saturated heterocycles. The summed E-state index contributed by atoms with van der Waals surface area (Å²) in [4.78, 5) is 12.5. The lowest BCUT2D eigenvalue weighted by atomic mass is 9.92. The van der Waals surface area contributed by atoms with E-state index in [1.54, 1.807) is 24.3 Å². The van der Waals surface area contributed by atoms with Crippen molar-refractivity contribution in [3.63, 3.8) is 0 Å². The highest BCUT2D eigenvalue weighted by molar-refractivity contribution is 5.95. The van der Waals surface area contributed by atoms with Gasteiger partial charge in [0, 0.05) is 17.7 Å². The minimum atomic E-state index is -0.536. The van der Waals surface area contributed by atoms with Crippen molar-refractivity contribution in [3.8, 4) is 17.2 Å². The van der Waals surface area contributed by atoms with Crippen molar-refractivity contribution in [3.05, 3.63) is 48.3 Å². The van der Waals surface area contributed by atoms with Gasteiger partial charge in [-0.2, -0.15) is 0 Å². The molecule has 5 nitrogen and oxygen atoms in total. The van der Waals surface area contributed by atoms with Gasteiger partial charge in [-0.05, 0) is 62.0 Å². The Balaban J connectivity index is 0.00000225. The number of methoxy groups -OCH3 is 1. The number of amides is 1. The van der Waals surface area contributed by atoms with Crippen molar-refractivity contribution >= 4 is 24.0 Å². The number of rotatable bonds is 5. The number of hydrogen-bond acceptors (Lipinski definition) is 4. The van der Waals surface area contributed by atoms with Gasteiger partial charge in [-0.15, -0.1) is 12.4 Å². The Kier molecular flexibility index (Phi) is 6.10. The zero-order chi connectivity index (χ0) is 18.9. The minimum absolute atomic E-state index is 0. The van der Waals surface area contributed by atoms with Crippen molar-refractivity contribution in [2.45, 2.75) is 19.3 Å². The molecule has 0 aromatic heterocycles. The average molecular weight is 407 g/mol. The van der Waals surface area contributed by atoms with Gasteiger partial charge in [0.15, 0.2) is 23.1 Å². The van der Waals surface area contributed by atoms with E-state index in [0.29, 0.717) is 17.2 Å². The molecule has 150 valence electrons. The van der Waals surface area contributed by atoms with E-state index < -0.39 is 5.82 Å². The minimum Gasteiger partial charge on any atom is -0.493 e. The molecule has 2 aromatic rings. The molecule has 2 aliphatic rings. The summed E-state index contributed by atoms with van der Waals surface area (Å²) in [7, 11) is 1.53. The number of hydrogen-bond donors (Lipinski definition) is 2. The highest BCUT2D eigenvalue weighted by Gasteiger charge is 2.57. The molecule has 2 N–H and O–H groups in total. The second kappa shape index (κ2) is 8.37. The zero-order valence-electron chi connectivity index (χ0n) is 15.7. The summed E-state index contributed by atoms with van der Waals surface area (Å²) in [5.41, 5.74) is 0.599. The predicted molar refractivity (Wildman–Crippen MR) is 108 cm³/mol. The maximum atomic E-state index is 14.5. The number of anilines is 1. The Morgan fingerprint density at radius 3 is 2.54 bits per heavy atom. The second-order valence-corrected chi connectivity index (χ2v) is 7.26. The second-order valence-electron chi connectivity index (χ2n) is 7.26. The standard InChI is InChI=1S/C21H23FN2O3.ClH/c1-26-18-4-2-3-5-19(18)27-17-7-6-14(12-16(17)22)24-20(25)15-13-21(15)8-10-23-11-9-21;/h2-7,12,15,23H,8-11,13H2,1H3,(H,24,25);1H. The van der Waals surface area contributed by atoms with Crippen LogP contribution < -0.4 is 20.1 Å². The van der Waals surface area contributed by atoms with Gasteiger partial charge in [0.25, 0.3) is 0 Å². The van der Waals surface area contributed by atoms with Crippen LogP contribution in [0.4, 0.5) is 10.1 Å². The first-order valence-corrected chi connectivity index (χ1v) is 9.23. The highest BCUT2D eigenvalue weighted by Crippen LogP contribution is 2.58. The molecule has 28 heavy (non-hydrogen) atoms. The van der Waals surface area contributed by atoms with Crippen molar-refractivity contribution in [1.82, 2.24) is 5.32 Å². The van der Waals surface area contributed by atoms with E-state index in [1.165, 1.54) is 19.2 Å². The summed E-state index contributed by atoms with van der Waals surface area (Å²) in [5, 5.41) is 6.18. The fourth-order valence-corrected chi connectivity index (χ4v) is 3.91. The van der Waals surface area contributed by atoms with Crippen molar-refractivity contribution in [1.29, 1.82) is 0 Å². The molecule has 1 amide bonds. The number of benzene rings is 2. The molecule has 4 rings (SSSR count). The van der Waals surface area contributed by atoms with Crippen LogP contribution in [0.5, 0.6) is 17.2 Å². The van der Waals surface area contributed by atoms with Crippen molar-refractivity contribution in [2.24, 2.45) is 11.3 Å². The van der Waals surface area contributed by atoms with E-state index in [-0.39, 0.29) is 35.4 Å². The summed E-state index contributed by atoms with van der Waals surface area (Å²) < 4.78 is 25.3. The third-order valence-electron chi connectivity index (χ3n) is 5.59. The average Bonchev–Trinajstić information content (AvgIpc) is 3.38. The SMILES string of the molecule is COc1ccccc1Oc1ccc(NC(=O)C2CC23CCNCC3)cc1F.Cl. The molecule has 0 radical (unpaired) electrons. The van der Waals surface area contributed by atoms with Gasteiger partial charge in [-0.1, -0.05) is 12.1 Å². The molecular weight excluding hydrogens is 383 g/mol. The van der Waals surface area contributed by atoms with Crippen LogP contribution in [0.25, 0.3) is 0 Å². The van der Waals surface area contributed by atoms with Gasteiger partial charge >= 0.3 is 0 Å². The Bertz CT molecular complexity index is 855. The van der Waals surface area contributed by atoms with Crippen molar-refractivity contribution in [2.75, 3.05) is 25.5 Å². The quantitative estimate of drug-likeness (QED) is 0.773. The largest absolute Gasteiger partial charge is 0.493 e. The molecule has 1 spiro atoms. The first-order chi connectivity index (χ1) is 13.1. The maximum Gasteiger partial charge on any atom is 0.228 e. The summed E-state index contributed by atoms with van der Waals surface area (Å²) in [6, 6.07) is 11.5. The van der Waals surface area contributed by atoms with E-state index in [2.05, 4.69) is 10.6 Å². The van der Waals surface area contributed by atoms with Gasteiger partial charge < -0.3 is 20.1 Å². The van der Waals surface area contributed by atoms with Gasteiger partial charge in [-0.25, -0.2) is 4.39 Å². The molecular formula is C21H24ClFN2O3. The van der Waals surface area contributed by atoms with Crippen LogP contribution in [0, 0.1) is 17.2 Å². The number of ether oxygens (including phenoxy) is 2. The fraction of sp³-hybridized carbons (Fsp3) is 0.381. The predicted octanol–water partition coefficient (Wildman–Crippen LogP) is 4.38. The number of para-hydroxylation sites is 2. The summed E-state index contributed by atoms with van der Waals surface area (Å²) in [6.45, 7) is 1.93. The van der Waals surface area contributed by atoms with Crippen molar-refractivity contribution < 1.29 is 18.7 Å². The van der Waals surface area contributed by atoms with Crippen LogP contribution in [0.1, 0.15) is 19.3 Å². The Morgan fingerprint density at radius 2 is 1.86 bits per heavy atom. The smallest absolute Gasteiger partial charge is 0.228 e. The fourth-order valence-electron chi connectivity index (χ4n) is 3.91. The molecule has 1 aliphatic carbocycles. The van der Waals surface area contributed by atoms with E-state index in [9.17, 15) is 9.18 Å². The van der Waals surface area contributed by atoms with Gasteiger partial charge in [0.05, 0.1) is 7.11 Å². The third-order valence-corrected chi connectivity index (χ3v) is 5.59. The van der Waals surface area contributed by atoms with Crippen LogP contribution in [0.3, 0.4) is 0 Å². The normalized spacial score (nSPS) is 19.4. The highest BCUT2D eigenvalue weighted by atomic mass is 35.5. The van der Waals surface area contributed by atoms with Gasteiger partial charge in [-0.3, -0.25) is 4.79 Å². The van der Waals surface area contributed by atoms with Gasteiger partial charge in [0.1, 0.15) is 0 Å². The number of carbonyl (C=O) groups excluding carboxylic acids is 1. The first kappa shape index (κ1) is 20.4. The van der Waals surface area contributed by atoms with Crippen LogP contribution >= 0.6 is 12.4 Å². The lowest BCUT2D eigenvalue weighted by Crippen LogP contribution is -2.31. The Labute approximate surface area is 170 Å². The molecule has 1 heterocycles. The molecule has 1 aliphatic heterocycles. The summed E-state index contributed by atoms with van der Waals surface area (Å²) in [5.74, 6) is 0.517. The number of carbonyl (C=O) groups is 1. The summed E-state index contributed by atoms with van der Waals surface area (Å²) in [6.07, 6.45) is 2.99. The van der Waals surface area contributed by atoms with E-state index in [0.717, 1.165) is 32.4 Å². The van der Waals surface area contributed by atoms with Crippen LogP contribution in [0.2, 0.25) is 0 Å². The number of halogens is 2. The van der Waals surface area contributed by atoms with E-state index >= 15 is 0 Å². The summed E-state index contributed by atoms with van der Waals surface area (Å²) >= 11 is 0. The molecule has 2 aromatic carbocycles. The molecule has 0 bridgehead atoms. The molecule has 1 saturated carbocycles. The topological polar surface area (TPSA) is 59.6 Å². The number of nitrogens with one attached hydrogen (secondary N) is 2. The molecule has 1 atom stereocenters. The molecule has 2 fully saturated rings. The lowest BCUT2D eigenvalue weighted by Gasteiger charge is -2.23. The van der Waals surface area contributed by atoms with E-state index in [1.807, 2.05) is 6.07 Å². The van der Waals surface area contributed by atoms with E-state index in [4.69, 9.17) is 9.47 Å². The van der Waals surface area contributed by atoms with Crippen LogP contribution in [0.15, 0.2) is 42.5 Å². The lowest BCUT2D eigenvalue weighted by molar-refractivity contribution is -0.118. The monoisotopic (exact) mass is 406 g/mol. The third kappa shape index (κ3) is 4.08. The Hall–Kier alpha value is -2.31. The first-order valence-electron chi connectivity index (χ1n) is 9.23. The molecule has 1 unspecified atom stereocenters. The van der Waals surface area contributed by atoms with Crippen LogP contribution in [-0.2, 0) is 4.79 Å². The molecule has 7 heteroatoms. The Morgan fingerprint density at radius 1 is 1.14 bits per heavy atom. The van der Waals surface area contributed by atoms with Crippen LogP contribution in [-0.4, -0.2) is 26.1 Å². The zero-order valence-corrected chi connectivity index (χ0v) is 16.5. The maximum absolute atomic E-state index is 14.5.